The van der Waals surface area contributed by atoms with Gasteiger partial charge >= 0.3 is 0 Å². The van der Waals surface area contributed by atoms with Gasteiger partial charge in [-0.2, -0.15) is 5.26 Å². The second-order valence-corrected chi connectivity index (χ2v) is 14.7. The second kappa shape index (κ2) is 12.4. The Morgan fingerprint density at radius 2 is 1.17 bits per heavy atom. The fourth-order valence-electron chi connectivity index (χ4n) is 9.24. The van der Waals surface area contributed by atoms with Gasteiger partial charge in [0, 0.05) is 33.4 Å². The lowest BCUT2D eigenvalue weighted by atomic mass is 9.67. The van der Waals surface area contributed by atoms with Crippen molar-refractivity contribution in [2.75, 3.05) is 4.90 Å². The maximum absolute atomic E-state index is 9.74. The normalized spacial score (nSPS) is 16.6. The van der Waals surface area contributed by atoms with E-state index in [-0.39, 0.29) is 5.54 Å². The Balaban J connectivity index is 1.24. The van der Waals surface area contributed by atoms with Crippen LogP contribution in [0.5, 0.6) is 0 Å². The topological polar surface area (TPSA) is 32.0 Å². The minimum Gasteiger partial charge on any atom is -0.331 e. The average Bonchev–Trinajstić information content (AvgIpc) is 3.73. The van der Waals surface area contributed by atoms with Crippen LogP contribution < -0.4 is 4.90 Å². The largest absolute Gasteiger partial charge is 0.331 e. The van der Waals surface area contributed by atoms with Crippen molar-refractivity contribution in [2.45, 2.75) is 24.3 Å². The summed E-state index contributed by atoms with van der Waals surface area (Å²) >= 11 is 0. The summed E-state index contributed by atoms with van der Waals surface area (Å²) in [6, 6.07) is 63.7. The van der Waals surface area contributed by atoms with Crippen LogP contribution in [0.25, 0.3) is 32.9 Å². The number of aromatic nitrogens is 1. The predicted octanol–water partition coefficient (Wildman–Crippen LogP) is 12.7. The first kappa shape index (κ1) is 31.8. The van der Waals surface area contributed by atoms with Crippen molar-refractivity contribution < 1.29 is 0 Å². The molecule has 0 fully saturated rings. The average molecular weight is 692 g/mol. The van der Waals surface area contributed by atoms with Gasteiger partial charge < -0.3 is 9.47 Å². The third-order valence-corrected chi connectivity index (χ3v) is 11.6. The highest BCUT2D eigenvalue weighted by atomic mass is 15.1. The predicted molar refractivity (Wildman–Crippen MR) is 223 cm³/mol. The Kier molecular flexibility index (Phi) is 7.29. The standard InChI is InChI=1S/C51H37N3/c1-50(31-13-4-14-32-50)54-48-22-12-10-20-44(48)45-33-40(28-30-49(45)54)53(39-25-23-36(35-52)24-26-39)41-27-29-43-42-19-9-11-21-46(42)51(47(43)34-41,37-15-5-2-6-16-37)38-17-7-3-8-18-38/h2-31,33-34H,32H2,1H3. The molecule has 0 amide bonds. The van der Waals surface area contributed by atoms with Crippen molar-refractivity contribution in [3.05, 3.63) is 222 Å². The number of fused-ring (bicyclic) bond motifs is 6. The molecule has 0 spiro atoms. The van der Waals surface area contributed by atoms with E-state index in [1.54, 1.807) is 0 Å². The van der Waals surface area contributed by atoms with E-state index in [0.717, 1.165) is 23.5 Å². The van der Waals surface area contributed by atoms with Gasteiger partial charge in [-0.05, 0) is 107 Å². The van der Waals surface area contributed by atoms with Crippen molar-refractivity contribution in [3.63, 3.8) is 0 Å². The Morgan fingerprint density at radius 3 is 1.89 bits per heavy atom. The van der Waals surface area contributed by atoms with Gasteiger partial charge in [0.2, 0.25) is 0 Å². The van der Waals surface area contributed by atoms with Crippen molar-refractivity contribution in [1.29, 1.82) is 5.26 Å². The van der Waals surface area contributed by atoms with Gasteiger partial charge in [-0.3, -0.25) is 0 Å². The lowest BCUT2D eigenvalue weighted by molar-refractivity contribution is 0.437. The summed E-state index contributed by atoms with van der Waals surface area (Å²) in [5, 5.41) is 12.2. The highest BCUT2D eigenvalue weighted by molar-refractivity contribution is 6.10. The van der Waals surface area contributed by atoms with Gasteiger partial charge in [0.15, 0.2) is 0 Å². The van der Waals surface area contributed by atoms with Gasteiger partial charge in [-0.25, -0.2) is 0 Å². The maximum atomic E-state index is 9.74. The molecule has 54 heavy (non-hydrogen) atoms. The Bertz CT molecular complexity index is 2780. The van der Waals surface area contributed by atoms with E-state index in [1.165, 1.54) is 55.2 Å². The minimum absolute atomic E-state index is 0.183. The lowest BCUT2D eigenvalue weighted by Gasteiger charge is -2.35. The van der Waals surface area contributed by atoms with Crippen LogP contribution in [0.3, 0.4) is 0 Å². The number of allylic oxidation sites excluding steroid dienone is 4. The molecule has 10 rings (SSSR count). The van der Waals surface area contributed by atoms with Crippen LogP contribution in [-0.2, 0) is 11.0 Å². The van der Waals surface area contributed by atoms with E-state index in [9.17, 15) is 5.26 Å². The zero-order valence-electron chi connectivity index (χ0n) is 30.0. The molecule has 0 saturated carbocycles. The number of rotatable bonds is 6. The smallest absolute Gasteiger partial charge is 0.0991 e. The van der Waals surface area contributed by atoms with Gasteiger partial charge in [0.1, 0.15) is 0 Å². The van der Waals surface area contributed by atoms with Gasteiger partial charge in [0.05, 0.1) is 28.1 Å². The highest BCUT2D eigenvalue weighted by Gasteiger charge is 2.46. The molecule has 0 bridgehead atoms. The van der Waals surface area contributed by atoms with Crippen LogP contribution in [-0.4, -0.2) is 4.57 Å². The molecule has 1 unspecified atom stereocenters. The molecule has 0 N–H and O–H groups in total. The summed E-state index contributed by atoms with van der Waals surface area (Å²) in [6.07, 6.45) is 9.83. The lowest BCUT2D eigenvalue weighted by Crippen LogP contribution is -2.28. The molecule has 3 heteroatoms. The molecule has 256 valence electrons. The SMILES string of the molecule is CC1(n2c3ccccc3c3cc(N(c4ccc(C#N)cc4)c4ccc5c(c4)C(c4ccccc4)(c4ccccc4)c4ccccc4-5)ccc32)C=CC=CC1. The van der Waals surface area contributed by atoms with Gasteiger partial charge in [0.25, 0.3) is 0 Å². The fraction of sp³-hybridized carbons (Fsp3) is 0.0784. The Hall–Kier alpha value is -6.89. The first-order valence-electron chi connectivity index (χ1n) is 18.6. The number of benzene rings is 7. The molecule has 1 aromatic heterocycles. The number of nitriles is 1. The van der Waals surface area contributed by atoms with Crippen LogP contribution in [0.4, 0.5) is 17.1 Å². The number of nitrogens with zero attached hydrogens (tertiary/aromatic N) is 3. The molecule has 3 nitrogen and oxygen atoms in total. The van der Waals surface area contributed by atoms with Gasteiger partial charge in [-0.1, -0.05) is 133 Å². The quantitative estimate of drug-likeness (QED) is 0.174. The molecular formula is C51H37N3. The van der Waals surface area contributed by atoms with E-state index in [0.29, 0.717) is 5.56 Å². The monoisotopic (exact) mass is 691 g/mol. The van der Waals surface area contributed by atoms with E-state index < -0.39 is 5.41 Å². The summed E-state index contributed by atoms with van der Waals surface area (Å²) in [5.74, 6) is 0. The van der Waals surface area contributed by atoms with Crippen LogP contribution >= 0.6 is 0 Å². The van der Waals surface area contributed by atoms with Crippen LogP contribution in [0, 0.1) is 11.3 Å². The fourth-order valence-corrected chi connectivity index (χ4v) is 9.24. The summed E-state index contributed by atoms with van der Waals surface area (Å²) in [4.78, 5) is 2.35. The number of hydrogen-bond acceptors (Lipinski definition) is 2. The van der Waals surface area contributed by atoms with E-state index in [1.807, 2.05) is 12.1 Å². The molecule has 0 radical (unpaired) electrons. The minimum atomic E-state index is -0.518. The van der Waals surface area contributed by atoms with Crippen molar-refractivity contribution in [1.82, 2.24) is 4.57 Å². The second-order valence-electron chi connectivity index (χ2n) is 14.7. The molecule has 2 aliphatic rings. The number of para-hydroxylation sites is 1. The molecule has 1 atom stereocenters. The molecule has 2 aliphatic carbocycles. The Labute approximate surface area is 316 Å². The number of hydrogen-bond donors (Lipinski definition) is 0. The summed E-state index contributed by atoms with van der Waals surface area (Å²) in [5.41, 5.74) is 13.0. The molecule has 0 saturated heterocycles. The van der Waals surface area contributed by atoms with E-state index >= 15 is 0 Å². The first-order chi connectivity index (χ1) is 26.6. The highest BCUT2D eigenvalue weighted by Crippen LogP contribution is 2.57. The zero-order chi connectivity index (χ0) is 36.3. The van der Waals surface area contributed by atoms with Gasteiger partial charge in [-0.15, -0.1) is 0 Å². The molecular weight excluding hydrogens is 655 g/mol. The van der Waals surface area contributed by atoms with E-state index in [4.69, 9.17) is 0 Å². The van der Waals surface area contributed by atoms with Crippen molar-refractivity contribution in [3.8, 4) is 17.2 Å². The van der Waals surface area contributed by atoms with Crippen LogP contribution in [0.15, 0.2) is 194 Å². The maximum Gasteiger partial charge on any atom is 0.0991 e. The van der Waals surface area contributed by atoms with Crippen molar-refractivity contribution >= 4 is 38.9 Å². The zero-order valence-corrected chi connectivity index (χ0v) is 30.0. The summed E-state index contributed by atoms with van der Waals surface area (Å²) < 4.78 is 2.51. The first-order valence-corrected chi connectivity index (χ1v) is 18.6. The van der Waals surface area contributed by atoms with E-state index in [2.05, 4.69) is 204 Å². The Morgan fingerprint density at radius 1 is 0.556 bits per heavy atom. The van der Waals surface area contributed by atoms with Crippen LogP contribution in [0.1, 0.15) is 41.2 Å². The third kappa shape index (κ3) is 4.67. The summed E-state index contributed by atoms with van der Waals surface area (Å²) in [7, 11) is 0. The third-order valence-electron chi connectivity index (χ3n) is 11.6. The summed E-state index contributed by atoms with van der Waals surface area (Å²) in [6.45, 7) is 2.32. The molecule has 1 heterocycles. The molecule has 7 aromatic carbocycles. The molecule has 8 aromatic rings. The van der Waals surface area contributed by atoms with Crippen molar-refractivity contribution in [2.24, 2.45) is 0 Å². The van der Waals surface area contributed by atoms with Crippen LogP contribution in [0.2, 0.25) is 0 Å². The molecule has 0 aliphatic heterocycles. The number of anilines is 3.